The lowest BCUT2D eigenvalue weighted by Crippen LogP contribution is -2.32. The molecule has 1 saturated heterocycles. The standard InChI is InChI=1S/C12H16N2O2/c13-8-11(10-4-2-1-3-5-10)9-14-6-7-16-12(14)15/h1-5,11H,6-9,13H2. The molecule has 86 valence electrons. The van der Waals surface area contributed by atoms with Crippen LogP contribution in [0.2, 0.25) is 0 Å². The van der Waals surface area contributed by atoms with Gasteiger partial charge >= 0.3 is 6.09 Å². The zero-order valence-electron chi connectivity index (χ0n) is 9.13. The van der Waals surface area contributed by atoms with E-state index in [9.17, 15) is 4.79 Å². The molecule has 1 aliphatic heterocycles. The summed E-state index contributed by atoms with van der Waals surface area (Å²) in [6, 6.07) is 10.0. The van der Waals surface area contributed by atoms with Crippen LogP contribution in [0.1, 0.15) is 11.5 Å². The summed E-state index contributed by atoms with van der Waals surface area (Å²) in [6.45, 7) is 2.33. The molecule has 1 aromatic rings. The maximum Gasteiger partial charge on any atom is 0.409 e. The number of rotatable bonds is 4. The molecule has 1 heterocycles. The molecule has 4 nitrogen and oxygen atoms in total. The number of nitrogens with zero attached hydrogens (tertiary/aromatic N) is 1. The predicted molar refractivity (Wildman–Crippen MR) is 61.2 cm³/mol. The third-order valence-electron chi connectivity index (χ3n) is 2.84. The Hall–Kier alpha value is -1.55. The Morgan fingerprint density at radius 1 is 1.38 bits per heavy atom. The molecular formula is C12H16N2O2. The third-order valence-corrected chi connectivity index (χ3v) is 2.84. The lowest BCUT2D eigenvalue weighted by atomic mass is 9.99. The molecule has 1 aromatic carbocycles. The topological polar surface area (TPSA) is 55.6 Å². The van der Waals surface area contributed by atoms with Crippen LogP contribution in [-0.2, 0) is 4.74 Å². The van der Waals surface area contributed by atoms with Gasteiger partial charge in [0, 0.05) is 19.0 Å². The van der Waals surface area contributed by atoms with Crippen LogP contribution in [0.4, 0.5) is 4.79 Å². The van der Waals surface area contributed by atoms with E-state index in [0.717, 1.165) is 0 Å². The summed E-state index contributed by atoms with van der Waals surface area (Å²) in [6.07, 6.45) is -0.227. The number of amides is 1. The Morgan fingerprint density at radius 2 is 2.12 bits per heavy atom. The zero-order valence-corrected chi connectivity index (χ0v) is 9.13. The largest absolute Gasteiger partial charge is 0.448 e. The summed E-state index contributed by atoms with van der Waals surface area (Å²) in [5, 5.41) is 0. The number of nitrogens with two attached hydrogens (primary N) is 1. The van der Waals surface area contributed by atoms with Crippen molar-refractivity contribution >= 4 is 6.09 Å². The van der Waals surface area contributed by atoms with Crippen LogP contribution in [0.15, 0.2) is 30.3 Å². The number of carbonyl (C=O) groups is 1. The predicted octanol–water partition coefficient (Wildman–Crippen LogP) is 1.18. The van der Waals surface area contributed by atoms with E-state index in [2.05, 4.69) is 0 Å². The lowest BCUT2D eigenvalue weighted by molar-refractivity contribution is 0.157. The highest BCUT2D eigenvalue weighted by Gasteiger charge is 2.24. The van der Waals surface area contributed by atoms with Gasteiger partial charge in [0.2, 0.25) is 0 Å². The zero-order chi connectivity index (χ0) is 11.4. The van der Waals surface area contributed by atoms with Crippen molar-refractivity contribution in [2.45, 2.75) is 5.92 Å². The highest BCUT2D eigenvalue weighted by molar-refractivity contribution is 5.69. The fraction of sp³-hybridized carbons (Fsp3) is 0.417. The fourth-order valence-electron chi connectivity index (χ4n) is 1.90. The van der Waals surface area contributed by atoms with Gasteiger partial charge in [0.1, 0.15) is 6.61 Å². The molecule has 1 fully saturated rings. The van der Waals surface area contributed by atoms with E-state index in [1.165, 1.54) is 5.56 Å². The number of ether oxygens (including phenoxy) is 1. The van der Waals surface area contributed by atoms with Crippen LogP contribution < -0.4 is 5.73 Å². The van der Waals surface area contributed by atoms with Crippen molar-refractivity contribution < 1.29 is 9.53 Å². The molecule has 0 spiro atoms. The Balaban J connectivity index is 2.03. The van der Waals surface area contributed by atoms with Gasteiger partial charge in [-0.15, -0.1) is 0 Å². The van der Waals surface area contributed by atoms with E-state index in [0.29, 0.717) is 26.2 Å². The number of benzene rings is 1. The second kappa shape index (κ2) is 4.99. The van der Waals surface area contributed by atoms with E-state index < -0.39 is 0 Å². The number of cyclic esters (lactones) is 1. The maximum atomic E-state index is 11.3. The molecule has 2 rings (SSSR count). The van der Waals surface area contributed by atoms with Crippen LogP contribution >= 0.6 is 0 Å². The maximum absolute atomic E-state index is 11.3. The summed E-state index contributed by atoms with van der Waals surface area (Å²) in [7, 11) is 0. The van der Waals surface area contributed by atoms with Crippen LogP contribution in [0, 0.1) is 0 Å². The molecule has 16 heavy (non-hydrogen) atoms. The van der Waals surface area contributed by atoms with Crippen molar-refractivity contribution in [3.05, 3.63) is 35.9 Å². The van der Waals surface area contributed by atoms with Gasteiger partial charge in [-0.25, -0.2) is 4.79 Å². The number of hydrogen-bond donors (Lipinski definition) is 1. The molecule has 1 atom stereocenters. The van der Waals surface area contributed by atoms with Crippen molar-refractivity contribution in [1.82, 2.24) is 4.90 Å². The van der Waals surface area contributed by atoms with E-state index in [1.54, 1.807) is 4.90 Å². The van der Waals surface area contributed by atoms with Gasteiger partial charge in [0.05, 0.1) is 6.54 Å². The first-order valence-corrected chi connectivity index (χ1v) is 5.48. The Labute approximate surface area is 95.0 Å². The first-order chi connectivity index (χ1) is 7.81. The van der Waals surface area contributed by atoms with Gasteiger partial charge in [-0.2, -0.15) is 0 Å². The normalized spacial score (nSPS) is 17.3. The minimum absolute atomic E-state index is 0.187. The number of carbonyl (C=O) groups excluding carboxylic acids is 1. The Morgan fingerprint density at radius 3 is 2.69 bits per heavy atom. The second-order valence-corrected chi connectivity index (χ2v) is 3.90. The Bertz CT molecular complexity index is 353. The van der Waals surface area contributed by atoms with Crippen LogP contribution in [0.25, 0.3) is 0 Å². The van der Waals surface area contributed by atoms with E-state index in [-0.39, 0.29) is 12.0 Å². The molecule has 0 aliphatic carbocycles. The molecule has 0 aromatic heterocycles. The summed E-state index contributed by atoms with van der Waals surface area (Å²) in [5.74, 6) is 0.187. The molecule has 1 unspecified atom stereocenters. The van der Waals surface area contributed by atoms with Gasteiger partial charge in [0.15, 0.2) is 0 Å². The molecule has 1 aliphatic rings. The highest BCUT2D eigenvalue weighted by atomic mass is 16.6. The number of hydrogen-bond acceptors (Lipinski definition) is 3. The minimum atomic E-state index is -0.227. The first-order valence-electron chi connectivity index (χ1n) is 5.48. The van der Waals surface area contributed by atoms with E-state index >= 15 is 0 Å². The smallest absolute Gasteiger partial charge is 0.409 e. The molecular weight excluding hydrogens is 204 g/mol. The summed E-state index contributed by atoms with van der Waals surface area (Å²) < 4.78 is 4.89. The molecule has 4 heteroatoms. The van der Waals surface area contributed by atoms with E-state index in [4.69, 9.17) is 10.5 Å². The van der Waals surface area contributed by atoms with E-state index in [1.807, 2.05) is 30.3 Å². The van der Waals surface area contributed by atoms with Gasteiger partial charge in [-0.05, 0) is 5.56 Å². The Kier molecular flexibility index (Phi) is 3.41. The van der Waals surface area contributed by atoms with Crippen LogP contribution in [-0.4, -0.2) is 37.2 Å². The second-order valence-electron chi connectivity index (χ2n) is 3.90. The lowest BCUT2D eigenvalue weighted by Gasteiger charge is -2.20. The molecule has 2 N–H and O–H groups in total. The summed E-state index contributed by atoms with van der Waals surface area (Å²) in [4.78, 5) is 13.0. The molecule has 0 saturated carbocycles. The van der Waals surface area contributed by atoms with Gasteiger partial charge < -0.3 is 15.4 Å². The highest BCUT2D eigenvalue weighted by Crippen LogP contribution is 2.17. The van der Waals surface area contributed by atoms with Crippen molar-refractivity contribution in [3.8, 4) is 0 Å². The van der Waals surface area contributed by atoms with Crippen molar-refractivity contribution in [1.29, 1.82) is 0 Å². The van der Waals surface area contributed by atoms with Crippen LogP contribution in [0.5, 0.6) is 0 Å². The van der Waals surface area contributed by atoms with Gasteiger partial charge in [-0.1, -0.05) is 30.3 Å². The molecule has 1 amide bonds. The minimum Gasteiger partial charge on any atom is -0.448 e. The van der Waals surface area contributed by atoms with Crippen molar-refractivity contribution in [2.24, 2.45) is 5.73 Å². The molecule has 0 bridgehead atoms. The van der Waals surface area contributed by atoms with Crippen LogP contribution in [0.3, 0.4) is 0 Å². The molecule has 0 radical (unpaired) electrons. The fourth-order valence-corrected chi connectivity index (χ4v) is 1.90. The van der Waals surface area contributed by atoms with Crippen molar-refractivity contribution in [3.63, 3.8) is 0 Å². The van der Waals surface area contributed by atoms with Gasteiger partial charge in [-0.3, -0.25) is 0 Å². The third kappa shape index (κ3) is 2.33. The average Bonchev–Trinajstić information content (AvgIpc) is 2.73. The SMILES string of the molecule is NCC(CN1CCOC1=O)c1ccccc1. The summed E-state index contributed by atoms with van der Waals surface area (Å²) in [5.41, 5.74) is 6.92. The average molecular weight is 220 g/mol. The summed E-state index contributed by atoms with van der Waals surface area (Å²) >= 11 is 0. The quantitative estimate of drug-likeness (QED) is 0.829. The van der Waals surface area contributed by atoms with Gasteiger partial charge in [0.25, 0.3) is 0 Å². The first kappa shape index (κ1) is 11.0. The monoisotopic (exact) mass is 220 g/mol. The van der Waals surface area contributed by atoms with Crippen molar-refractivity contribution in [2.75, 3.05) is 26.2 Å².